The van der Waals surface area contributed by atoms with Crippen molar-refractivity contribution in [2.45, 2.75) is 38.1 Å². The molecule has 4 heterocycles. The molecule has 5 rings (SSSR count). The van der Waals surface area contributed by atoms with Gasteiger partial charge in [0.1, 0.15) is 16.9 Å². The normalized spacial score (nSPS) is 20.6. The van der Waals surface area contributed by atoms with E-state index >= 15 is 0 Å². The minimum absolute atomic E-state index is 0.335. The van der Waals surface area contributed by atoms with Crippen LogP contribution < -0.4 is 0 Å². The van der Waals surface area contributed by atoms with Crippen LogP contribution in [-0.4, -0.2) is 34.9 Å². The fourth-order valence-electron chi connectivity index (χ4n) is 4.17. The zero-order chi connectivity index (χ0) is 17.5. The van der Waals surface area contributed by atoms with Crippen molar-refractivity contribution in [3.05, 3.63) is 24.7 Å². The lowest BCUT2D eigenvalue weighted by atomic mass is 9.84. The van der Waals surface area contributed by atoms with E-state index in [-0.39, 0.29) is 0 Å². The molecule has 130 valence electrons. The molecule has 0 radical (unpaired) electrons. The molecule has 0 unspecified atom stereocenters. The van der Waals surface area contributed by atoms with Crippen molar-refractivity contribution in [3.63, 3.8) is 0 Å². The second kappa shape index (κ2) is 5.95. The Balaban J connectivity index is 1.68. The summed E-state index contributed by atoms with van der Waals surface area (Å²) >= 11 is 0. The fraction of sp³-hybridized carbons (Fsp3) is 0.389. The van der Waals surface area contributed by atoms with Crippen LogP contribution in [0.4, 0.5) is 0 Å². The van der Waals surface area contributed by atoms with Gasteiger partial charge in [-0.25, -0.2) is 9.97 Å². The van der Waals surface area contributed by atoms with E-state index in [9.17, 15) is 0 Å². The molecule has 8 heteroatoms. The fourth-order valence-corrected chi connectivity index (χ4v) is 4.17. The molecule has 0 bridgehead atoms. The number of aromatic amines is 2. The van der Waals surface area contributed by atoms with Gasteiger partial charge in [0, 0.05) is 24.0 Å². The van der Waals surface area contributed by atoms with Gasteiger partial charge in [0.2, 0.25) is 0 Å². The van der Waals surface area contributed by atoms with E-state index in [2.05, 4.69) is 42.1 Å². The SMILES string of the molecule is N#CC[C@H]1CC[C@H](n2c(-c3cn[nH]n3)nc3cnc4[nH]ccc4c32)CC1. The van der Waals surface area contributed by atoms with Crippen LogP contribution in [0.2, 0.25) is 0 Å². The second-order valence-electron chi connectivity index (χ2n) is 6.93. The lowest BCUT2D eigenvalue weighted by molar-refractivity contribution is 0.283. The Morgan fingerprint density at radius 2 is 2.12 bits per heavy atom. The number of fused-ring (bicyclic) bond motifs is 3. The summed E-state index contributed by atoms with van der Waals surface area (Å²) in [4.78, 5) is 12.5. The molecule has 4 aromatic rings. The van der Waals surface area contributed by atoms with Crippen molar-refractivity contribution in [3.8, 4) is 17.6 Å². The number of H-pyrrole nitrogens is 2. The Hall–Kier alpha value is -3.21. The third-order valence-corrected chi connectivity index (χ3v) is 5.44. The van der Waals surface area contributed by atoms with E-state index in [0.717, 1.165) is 59.3 Å². The van der Waals surface area contributed by atoms with E-state index in [0.29, 0.717) is 18.4 Å². The lowest BCUT2D eigenvalue weighted by Crippen LogP contribution is -2.19. The van der Waals surface area contributed by atoms with Gasteiger partial charge in [0.15, 0.2) is 5.82 Å². The number of nitrogens with zero attached hydrogens (tertiary/aromatic N) is 6. The first-order valence-electron chi connectivity index (χ1n) is 8.92. The predicted molar refractivity (Wildman–Crippen MR) is 96.0 cm³/mol. The molecule has 1 aliphatic rings. The molecule has 4 aromatic heterocycles. The first-order valence-corrected chi connectivity index (χ1v) is 8.92. The van der Waals surface area contributed by atoms with Gasteiger partial charge in [-0.3, -0.25) is 0 Å². The summed E-state index contributed by atoms with van der Waals surface area (Å²) < 4.78 is 2.31. The highest BCUT2D eigenvalue weighted by Crippen LogP contribution is 2.39. The van der Waals surface area contributed by atoms with E-state index in [1.807, 2.05) is 12.4 Å². The summed E-state index contributed by atoms with van der Waals surface area (Å²) in [6, 6.07) is 4.70. The van der Waals surface area contributed by atoms with Crippen molar-refractivity contribution in [2.75, 3.05) is 0 Å². The number of imidazole rings is 1. The van der Waals surface area contributed by atoms with Gasteiger partial charge >= 0.3 is 0 Å². The topological polar surface area (TPSA) is 112 Å². The molecule has 8 nitrogen and oxygen atoms in total. The number of aromatic nitrogens is 7. The lowest BCUT2D eigenvalue weighted by Gasteiger charge is -2.29. The maximum Gasteiger partial charge on any atom is 0.163 e. The maximum atomic E-state index is 8.98. The third kappa shape index (κ3) is 2.28. The Labute approximate surface area is 149 Å². The molecule has 0 saturated heterocycles. The van der Waals surface area contributed by atoms with Gasteiger partial charge in [-0.2, -0.15) is 20.7 Å². The van der Waals surface area contributed by atoms with Crippen LogP contribution in [0.1, 0.15) is 38.1 Å². The highest BCUT2D eigenvalue weighted by molar-refractivity contribution is 6.02. The van der Waals surface area contributed by atoms with Gasteiger partial charge in [-0.15, -0.1) is 0 Å². The quantitative estimate of drug-likeness (QED) is 0.591. The number of nitrogens with one attached hydrogen (secondary N) is 2. The molecule has 0 aromatic carbocycles. The first-order chi connectivity index (χ1) is 12.8. The number of hydrogen-bond donors (Lipinski definition) is 2. The van der Waals surface area contributed by atoms with E-state index in [4.69, 9.17) is 10.2 Å². The number of pyridine rings is 1. The van der Waals surface area contributed by atoms with E-state index in [1.54, 1.807) is 6.20 Å². The molecule has 0 spiro atoms. The van der Waals surface area contributed by atoms with Crippen molar-refractivity contribution in [2.24, 2.45) is 5.92 Å². The molecule has 0 aliphatic heterocycles. The Bertz CT molecular complexity index is 1090. The van der Waals surface area contributed by atoms with Gasteiger partial charge in [0.25, 0.3) is 0 Å². The highest BCUT2D eigenvalue weighted by Gasteiger charge is 2.28. The predicted octanol–water partition coefficient (Wildman–Crippen LogP) is 3.34. The number of nitriles is 1. The number of hydrogen-bond acceptors (Lipinski definition) is 5. The summed E-state index contributed by atoms with van der Waals surface area (Å²) in [5, 5.41) is 21.0. The van der Waals surface area contributed by atoms with E-state index < -0.39 is 0 Å². The zero-order valence-corrected chi connectivity index (χ0v) is 14.2. The highest BCUT2D eigenvalue weighted by atomic mass is 15.3. The molecule has 26 heavy (non-hydrogen) atoms. The average Bonchev–Trinajstić information content (AvgIpc) is 3.40. The Morgan fingerprint density at radius 1 is 1.23 bits per heavy atom. The summed E-state index contributed by atoms with van der Waals surface area (Å²) in [7, 11) is 0. The molecule has 1 fully saturated rings. The van der Waals surface area contributed by atoms with Crippen molar-refractivity contribution in [1.82, 2.24) is 34.9 Å². The molecular formula is C18H18N8. The maximum absolute atomic E-state index is 8.98. The second-order valence-corrected chi connectivity index (χ2v) is 6.93. The van der Waals surface area contributed by atoms with Crippen LogP contribution in [0.25, 0.3) is 33.6 Å². The Kier molecular flexibility index (Phi) is 3.45. The van der Waals surface area contributed by atoms with Crippen molar-refractivity contribution < 1.29 is 0 Å². The van der Waals surface area contributed by atoms with Crippen LogP contribution >= 0.6 is 0 Å². The smallest absolute Gasteiger partial charge is 0.163 e. The van der Waals surface area contributed by atoms with Gasteiger partial charge in [-0.05, 0) is 37.7 Å². The first kappa shape index (κ1) is 15.1. The molecule has 1 saturated carbocycles. The minimum atomic E-state index is 0.335. The van der Waals surface area contributed by atoms with Gasteiger partial charge in [-0.1, -0.05) is 0 Å². The van der Waals surface area contributed by atoms with Crippen LogP contribution in [0, 0.1) is 17.2 Å². The molecule has 0 amide bonds. The number of rotatable bonds is 3. The van der Waals surface area contributed by atoms with Crippen LogP contribution in [0.15, 0.2) is 24.7 Å². The molecule has 0 atom stereocenters. The minimum Gasteiger partial charge on any atom is -0.346 e. The summed E-state index contributed by atoms with van der Waals surface area (Å²) in [5.41, 5.74) is 3.57. The average molecular weight is 346 g/mol. The van der Waals surface area contributed by atoms with E-state index in [1.165, 1.54) is 0 Å². The largest absolute Gasteiger partial charge is 0.346 e. The molecule has 2 N–H and O–H groups in total. The summed E-state index contributed by atoms with van der Waals surface area (Å²) in [5.74, 6) is 1.34. The Morgan fingerprint density at radius 3 is 2.88 bits per heavy atom. The third-order valence-electron chi connectivity index (χ3n) is 5.44. The van der Waals surface area contributed by atoms with Crippen LogP contribution in [-0.2, 0) is 0 Å². The van der Waals surface area contributed by atoms with Gasteiger partial charge in [0.05, 0.1) is 24.0 Å². The van der Waals surface area contributed by atoms with Crippen molar-refractivity contribution in [1.29, 1.82) is 5.26 Å². The standard InChI is InChI=1S/C18H18N8/c19-7-5-11-1-3-12(4-2-11)26-16-13-6-8-20-17(13)21-9-14(16)23-18(26)15-10-22-25-24-15/h6,8-12H,1-5H2,(H,20,21)(H,22,24,25)/t11-,12-. The monoisotopic (exact) mass is 346 g/mol. The summed E-state index contributed by atoms with van der Waals surface area (Å²) in [6.07, 6.45) is 10.3. The molecule has 1 aliphatic carbocycles. The van der Waals surface area contributed by atoms with Crippen molar-refractivity contribution >= 4 is 22.1 Å². The van der Waals surface area contributed by atoms with Crippen LogP contribution in [0.3, 0.4) is 0 Å². The summed E-state index contributed by atoms with van der Waals surface area (Å²) in [6.45, 7) is 0. The van der Waals surface area contributed by atoms with Gasteiger partial charge < -0.3 is 9.55 Å². The van der Waals surface area contributed by atoms with Crippen LogP contribution in [0.5, 0.6) is 0 Å². The zero-order valence-electron chi connectivity index (χ0n) is 14.2. The molecular weight excluding hydrogens is 328 g/mol.